The van der Waals surface area contributed by atoms with Gasteiger partial charge in [-0.1, -0.05) is 37.3 Å². The Morgan fingerprint density at radius 2 is 2.06 bits per heavy atom. The first-order valence-corrected chi connectivity index (χ1v) is 7.11. The third kappa shape index (κ3) is 5.42. The molecule has 6 nitrogen and oxygen atoms in total. The van der Waals surface area contributed by atoms with Gasteiger partial charge in [0.05, 0.1) is 0 Å². The molecule has 1 rings (SSSR count). The topological polar surface area (TPSA) is 98.9 Å². The summed E-state index contributed by atoms with van der Waals surface area (Å²) in [5.41, 5.74) is 5.37. The van der Waals surface area contributed by atoms with Crippen molar-refractivity contribution in [3.63, 3.8) is 0 Å². The lowest BCUT2D eigenvalue weighted by Crippen LogP contribution is -2.15. The zero-order valence-electron chi connectivity index (χ0n) is 9.98. The summed E-state index contributed by atoms with van der Waals surface area (Å²) in [7, 11) is -4.24. The van der Waals surface area contributed by atoms with E-state index in [1.807, 2.05) is 6.92 Å². The zero-order valence-corrected chi connectivity index (χ0v) is 10.9. The van der Waals surface area contributed by atoms with Crippen molar-refractivity contribution in [1.29, 1.82) is 0 Å². The first kappa shape index (κ1) is 14.9. The van der Waals surface area contributed by atoms with Crippen LogP contribution in [0.3, 0.4) is 0 Å². The van der Waals surface area contributed by atoms with Gasteiger partial charge in [-0.05, 0) is 6.42 Å². The molecule has 1 aromatic rings. The normalized spacial score (nSPS) is 15.7. The Hall–Kier alpha value is -1.20. The molecule has 2 unspecified atom stereocenters. The van der Waals surface area contributed by atoms with Crippen LogP contribution in [0.1, 0.15) is 31.6 Å². The number of carbonyl (C=O) groups is 1. The first-order valence-electron chi connectivity index (χ1n) is 5.46. The Labute approximate surface area is 105 Å². The van der Waals surface area contributed by atoms with Crippen molar-refractivity contribution in [1.82, 2.24) is 0 Å². The molecule has 0 aliphatic carbocycles. The van der Waals surface area contributed by atoms with Gasteiger partial charge in [0, 0.05) is 12.0 Å². The maximum absolute atomic E-state index is 11.4. The predicted octanol–water partition coefficient (Wildman–Crippen LogP) is 2.10. The minimum absolute atomic E-state index is 0.201. The van der Waals surface area contributed by atoms with E-state index in [0.717, 1.165) is 0 Å². The molecule has 1 aromatic carbocycles. The zero-order chi connectivity index (χ0) is 13.6. The standard InChI is InChI=1S/C11H16NO5P/c1-2-6-10(13)16-11(17-18(12,14)15)9-7-4-3-5-8-9/h3-5,7-8,11H,2,6H2,1H3,(H3,12,14,15). The van der Waals surface area contributed by atoms with Crippen molar-refractivity contribution >= 4 is 13.7 Å². The molecular formula is C11H16NO5P. The molecule has 0 saturated heterocycles. The van der Waals surface area contributed by atoms with Crippen molar-refractivity contribution < 1.29 is 23.5 Å². The minimum atomic E-state index is -4.24. The molecule has 0 spiro atoms. The summed E-state index contributed by atoms with van der Waals surface area (Å²) in [6.07, 6.45) is -0.460. The Balaban J connectivity index is 2.82. The second-order valence-electron chi connectivity index (χ2n) is 3.65. The van der Waals surface area contributed by atoms with Crippen LogP contribution in [0.15, 0.2) is 30.3 Å². The molecule has 0 aliphatic rings. The lowest BCUT2D eigenvalue weighted by molar-refractivity contribution is -0.165. The molecule has 0 saturated carbocycles. The molecule has 7 heteroatoms. The van der Waals surface area contributed by atoms with E-state index < -0.39 is 20.0 Å². The maximum atomic E-state index is 11.4. The smallest absolute Gasteiger partial charge is 0.403 e. The molecule has 3 N–H and O–H groups in total. The largest absolute Gasteiger partial charge is 0.431 e. The summed E-state index contributed by atoms with van der Waals surface area (Å²) in [5, 5.41) is 0. The number of ether oxygens (including phenoxy) is 1. The summed E-state index contributed by atoms with van der Waals surface area (Å²) in [4.78, 5) is 20.4. The second kappa shape index (κ2) is 6.66. The molecule has 0 bridgehead atoms. The first-order chi connectivity index (χ1) is 8.42. The van der Waals surface area contributed by atoms with E-state index in [2.05, 4.69) is 4.52 Å². The van der Waals surface area contributed by atoms with E-state index in [0.29, 0.717) is 12.0 Å². The summed E-state index contributed by atoms with van der Waals surface area (Å²) in [5.74, 6) is -0.514. The molecule has 0 radical (unpaired) electrons. The van der Waals surface area contributed by atoms with E-state index in [-0.39, 0.29) is 6.42 Å². The van der Waals surface area contributed by atoms with Gasteiger partial charge in [-0.2, -0.15) is 0 Å². The fraction of sp³-hybridized carbons (Fsp3) is 0.364. The highest BCUT2D eigenvalue weighted by molar-refractivity contribution is 7.50. The van der Waals surface area contributed by atoms with Gasteiger partial charge in [-0.15, -0.1) is 0 Å². The molecule has 18 heavy (non-hydrogen) atoms. The molecule has 0 heterocycles. The quantitative estimate of drug-likeness (QED) is 0.468. The highest BCUT2D eigenvalue weighted by atomic mass is 31.2. The van der Waals surface area contributed by atoms with Crippen LogP contribution in [0.25, 0.3) is 0 Å². The number of nitrogens with two attached hydrogens (primary N) is 1. The van der Waals surface area contributed by atoms with Crippen LogP contribution < -0.4 is 5.50 Å². The van der Waals surface area contributed by atoms with Crippen LogP contribution in [0.5, 0.6) is 0 Å². The molecule has 100 valence electrons. The summed E-state index contributed by atoms with van der Waals surface area (Å²) in [6, 6.07) is 8.37. The highest BCUT2D eigenvalue weighted by Crippen LogP contribution is 2.39. The van der Waals surface area contributed by atoms with Gasteiger partial charge in [0.25, 0.3) is 0 Å². The van der Waals surface area contributed by atoms with Gasteiger partial charge in [-0.3, -0.25) is 9.32 Å². The van der Waals surface area contributed by atoms with Gasteiger partial charge < -0.3 is 9.63 Å². The van der Waals surface area contributed by atoms with E-state index in [9.17, 15) is 9.36 Å². The molecule has 0 aliphatic heterocycles. The van der Waals surface area contributed by atoms with Crippen LogP contribution >= 0.6 is 7.75 Å². The number of hydrogen-bond acceptors (Lipinski definition) is 4. The molecule has 0 aromatic heterocycles. The van der Waals surface area contributed by atoms with E-state index in [4.69, 9.17) is 15.1 Å². The fourth-order valence-corrected chi connectivity index (χ4v) is 1.72. The van der Waals surface area contributed by atoms with Gasteiger partial charge in [-0.25, -0.2) is 10.1 Å². The average molecular weight is 273 g/mol. The van der Waals surface area contributed by atoms with Crippen LogP contribution in [0, 0.1) is 0 Å². The van der Waals surface area contributed by atoms with Crippen molar-refractivity contribution in [2.75, 3.05) is 0 Å². The predicted molar refractivity (Wildman–Crippen MR) is 65.3 cm³/mol. The van der Waals surface area contributed by atoms with Crippen molar-refractivity contribution in [3.05, 3.63) is 35.9 Å². The summed E-state index contributed by atoms with van der Waals surface area (Å²) >= 11 is 0. The highest BCUT2D eigenvalue weighted by Gasteiger charge is 2.25. The molecule has 0 amide bonds. The molecular weight excluding hydrogens is 257 g/mol. The van der Waals surface area contributed by atoms with Crippen LogP contribution in [0.4, 0.5) is 0 Å². The van der Waals surface area contributed by atoms with Crippen molar-refractivity contribution in [3.8, 4) is 0 Å². The number of hydrogen-bond donors (Lipinski definition) is 2. The van der Waals surface area contributed by atoms with Crippen LogP contribution in [0.2, 0.25) is 0 Å². The Morgan fingerprint density at radius 3 is 2.56 bits per heavy atom. The lowest BCUT2D eigenvalue weighted by atomic mass is 10.2. The van der Waals surface area contributed by atoms with Crippen LogP contribution in [-0.4, -0.2) is 10.9 Å². The second-order valence-corrected chi connectivity index (χ2v) is 4.99. The lowest BCUT2D eigenvalue weighted by Gasteiger charge is -2.19. The molecule has 2 atom stereocenters. The number of carbonyl (C=O) groups excluding carboxylic acids is 1. The van der Waals surface area contributed by atoms with Crippen molar-refractivity contribution in [2.24, 2.45) is 5.50 Å². The monoisotopic (exact) mass is 273 g/mol. The Kier molecular flexibility index (Phi) is 5.50. The minimum Gasteiger partial charge on any atom is -0.431 e. The number of rotatable bonds is 6. The fourth-order valence-electron chi connectivity index (χ4n) is 1.28. The third-order valence-corrected chi connectivity index (χ3v) is 2.50. The van der Waals surface area contributed by atoms with E-state index in [1.54, 1.807) is 30.3 Å². The van der Waals surface area contributed by atoms with Gasteiger partial charge in [0.2, 0.25) is 6.29 Å². The maximum Gasteiger partial charge on any atom is 0.403 e. The van der Waals surface area contributed by atoms with E-state index >= 15 is 0 Å². The summed E-state index contributed by atoms with van der Waals surface area (Å²) in [6.45, 7) is 1.82. The Morgan fingerprint density at radius 1 is 1.44 bits per heavy atom. The summed E-state index contributed by atoms with van der Waals surface area (Å²) < 4.78 is 20.7. The van der Waals surface area contributed by atoms with Crippen molar-refractivity contribution in [2.45, 2.75) is 26.1 Å². The average Bonchev–Trinajstić information content (AvgIpc) is 2.28. The Bertz CT molecular complexity index is 430. The van der Waals surface area contributed by atoms with Gasteiger partial charge in [0.15, 0.2) is 0 Å². The van der Waals surface area contributed by atoms with E-state index in [1.165, 1.54) is 0 Å². The van der Waals surface area contributed by atoms with Gasteiger partial charge >= 0.3 is 13.7 Å². The SMILES string of the molecule is CCCC(=O)OC(OP(N)(=O)O)c1ccccc1. The number of esters is 1. The third-order valence-electron chi connectivity index (χ3n) is 2.01. The van der Waals surface area contributed by atoms with Gasteiger partial charge in [0.1, 0.15) is 0 Å². The van der Waals surface area contributed by atoms with Crippen LogP contribution in [-0.2, 0) is 18.6 Å². The number of benzene rings is 1. The molecule has 0 fully saturated rings.